The zero-order valence-electron chi connectivity index (χ0n) is 13.9. The Bertz CT molecular complexity index is 777. The highest BCUT2D eigenvalue weighted by Gasteiger charge is 2.50. The van der Waals surface area contributed by atoms with Crippen LogP contribution >= 0.6 is 11.3 Å². The Morgan fingerprint density at radius 2 is 2.21 bits per heavy atom. The van der Waals surface area contributed by atoms with Crippen molar-refractivity contribution in [2.75, 3.05) is 11.5 Å². The van der Waals surface area contributed by atoms with Gasteiger partial charge in [0.05, 0.1) is 24.4 Å². The van der Waals surface area contributed by atoms with Crippen LogP contribution in [0.25, 0.3) is 6.08 Å². The molecule has 24 heavy (non-hydrogen) atoms. The van der Waals surface area contributed by atoms with E-state index in [0.29, 0.717) is 0 Å². The number of benzene rings is 1. The first-order valence-corrected chi connectivity index (χ1v) is 9.07. The summed E-state index contributed by atoms with van der Waals surface area (Å²) in [5.41, 5.74) is 3.25. The van der Waals surface area contributed by atoms with E-state index in [9.17, 15) is 10.4 Å². The van der Waals surface area contributed by atoms with Gasteiger partial charge in [-0.2, -0.15) is 5.26 Å². The van der Waals surface area contributed by atoms with Gasteiger partial charge in [0.1, 0.15) is 6.04 Å². The van der Waals surface area contributed by atoms with E-state index in [1.165, 1.54) is 0 Å². The third-order valence-electron chi connectivity index (χ3n) is 4.56. The van der Waals surface area contributed by atoms with E-state index in [4.69, 9.17) is 0 Å². The lowest BCUT2D eigenvalue weighted by Gasteiger charge is -2.52. The van der Waals surface area contributed by atoms with Gasteiger partial charge in [0.2, 0.25) is 0 Å². The van der Waals surface area contributed by atoms with Crippen LogP contribution in [0.4, 0.5) is 5.13 Å². The Kier molecular flexibility index (Phi) is 4.98. The largest absolute Gasteiger partial charge is 0.394 e. The van der Waals surface area contributed by atoms with Gasteiger partial charge in [-0.1, -0.05) is 43.3 Å². The van der Waals surface area contributed by atoms with Gasteiger partial charge in [-0.15, -0.1) is 11.3 Å². The van der Waals surface area contributed by atoms with E-state index >= 15 is 0 Å². The van der Waals surface area contributed by atoms with Crippen LogP contribution in [0.2, 0.25) is 0 Å². The minimum atomic E-state index is -0.301. The highest BCUT2D eigenvalue weighted by molar-refractivity contribution is 7.13. The van der Waals surface area contributed by atoms with E-state index < -0.39 is 0 Å². The van der Waals surface area contributed by atoms with Crippen molar-refractivity contribution in [2.45, 2.75) is 38.3 Å². The summed E-state index contributed by atoms with van der Waals surface area (Å²) in [5, 5.41) is 22.5. The molecule has 1 aliphatic rings. The molecule has 3 rings (SSSR count). The predicted molar refractivity (Wildman–Crippen MR) is 98.1 cm³/mol. The Morgan fingerprint density at radius 1 is 1.42 bits per heavy atom. The second-order valence-electron chi connectivity index (χ2n) is 5.86. The summed E-state index contributed by atoms with van der Waals surface area (Å²) in [6.45, 7) is 4.06. The number of aryl methyl sites for hydroxylation is 1. The molecule has 2 aromatic rings. The first-order valence-electron chi connectivity index (χ1n) is 8.20. The average molecular weight is 339 g/mol. The fraction of sp³-hybridized carbons (Fsp3) is 0.368. The minimum absolute atomic E-state index is 0.00799. The molecule has 124 valence electrons. The number of hydrogen-bond donors (Lipinski definition) is 1. The summed E-state index contributed by atoms with van der Waals surface area (Å²) < 4.78 is 0. The second kappa shape index (κ2) is 7.16. The molecule has 2 heterocycles. The van der Waals surface area contributed by atoms with Gasteiger partial charge in [0.15, 0.2) is 5.13 Å². The van der Waals surface area contributed by atoms with Gasteiger partial charge in [-0.05, 0) is 24.5 Å². The first-order chi connectivity index (χ1) is 11.7. The van der Waals surface area contributed by atoms with Crippen molar-refractivity contribution in [3.8, 4) is 6.07 Å². The lowest BCUT2D eigenvalue weighted by Crippen LogP contribution is -2.63. The van der Waals surface area contributed by atoms with E-state index in [0.717, 1.165) is 28.4 Å². The summed E-state index contributed by atoms with van der Waals surface area (Å²) in [6, 6.07) is 10.1. The highest BCUT2D eigenvalue weighted by Crippen LogP contribution is 2.45. The number of aliphatic hydroxyl groups excluding tert-OH is 1. The molecule has 0 radical (unpaired) electrons. The number of thiazole rings is 1. The summed E-state index contributed by atoms with van der Waals surface area (Å²) in [4.78, 5) is 6.58. The number of allylic oxidation sites excluding steroid dienone is 1. The molecule has 0 unspecified atom stereocenters. The molecule has 0 saturated carbocycles. The maximum Gasteiger partial charge on any atom is 0.186 e. The number of anilines is 1. The normalized spacial score (nSPS) is 23.2. The van der Waals surface area contributed by atoms with Gasteiger partial charge < -0.3 is 10.0 Å². The zero-order chi connectivity index (χ0) is 17.1. The molecule has 0 aliphatic carbocycles. The average Bonchev–Trinajstić information content (AvgIpc) is 3.05. The Hall–Kier alpha value is -2.16. The van der Waals surface area contributed by atoms with Crippen molar-refractivity contribution < 1.29 is 5.11 Å². The monoisotopic (exact) mass is 339 g/mol. The molecular formula is C19H21N3OS. The molecule has 1 fully saturated rings. The molecule has 1 aromatic heterocycles. The minimum Gasteiger partial charge on any atom is -0.394 e. The summed E-state index contributed by atoms with van der Waals surface area (Å²) in [7, 11) is 0. The maximum atomic E-state index is 9.96. The predicted octanol–water partition coefficient (Wildman–Crippen LogP) is 3.60. The molecule has 1 aromatic carbocycles. The lowest BCUT2D eigenvalue weighted by molar-refractivity contribution is 0.187. The molecule has 0 spiro atoms. The zero-order valence-corrected chi connectivity index (χ0v) is 14.7. The standard InChI is InChI=1S/C19H21N3OS/c1-3-7-13-8-5-6-9-15(13)18-16(10-20)22(17(18)11-23)19-21-14(4-2)12-24-19/h3,5-9,12,16-18,23H,4,11H2,1-2H3/b7-3+/t16-,17-,18+/m0/s1. The van der Waals surface area contributed by atoms with Gasteiger partial charge in [0.25, 0.3) is 0 Å². The number of rotatable bonds is 5. The van der Waals surface area contributed by atoms with Gasteiger partial charge >= 0.3 is 0 Å². The van der Waals surface area contributed by atoms with E-state index in [-0.39, 0.29) is 24.6 Å². The van der Waals surface area contributed by atoms with Crippen molar-refractivity contribution in [1.82, 2.24) is 4.98 Å². The van der Waals surface area contributed by atoms with Crippen LogP contribution in [0.15, 0.2) is 35.7 Å². The number of nitriles is 1. The third kappa shape index (κ3) is 2.72. The number of aromatic nitrogens is 1. The Balaban J connectivity index is 1.97. The van der Waals surface area contributed by atoms with Crippen LogP contribution in [-0.2, 0) is 6.42 Å². The second-order valence-corrected chi connectivity index (χ2v) is 6.70. The fourth-order valence-corrected chi connectivity index (χ4v) is 4.37. The first kappa shape index (κ1) is 16.7. The van der Waals surface area contributed by atoms with E-state index in [1.807, 2.05) is 35.4 Å². The van der Waals surface area contributed by atoms with Crippen LogP contribution in [0.1, 0.15) is 36.6 Å². The molecule has 1 N–H and O–H groups in total. The van der Waals surface area contributed by atoms with Crippen LogP contribution in [0, 0.1) is 11.3 Å². The molecule has 4 nitrogen and oxygen atoms in total. The Morgan fingerprint density at radius 3 is 2.83 bits per heavy atom. The third-order valence-corrected chi connectivity index (χ3v) is 5.46. The van der Waals surface area contributed by atoms with Gasteiger partial charge in [-0.3, -0.25) is 0 Å². The van der Waals surface area contributed by atoms with Gasteiger partial charge in [-0.25, -0.2) is 4.98 Å². The molecule has 1 aliphatic heterocycles. The molecule has 3 atom stereocenters. The van der Waals surface area contributed by atoms with Crippen LogP contribution < -0.4 is 4.90 Å². The molecular weight excluding hydrogens is 318 g/mol. The topological polar surface area (TPSA) is 60.2 Å². The van der Waals surface area contributed by atoms with E-state index in [1.54, 1.807) is 11.3 Å². The Labute approximate surface area is 146 Å². The highest BCUT2D eigenvalue weighted by atomic mass is 32.1. The molecule has 0 bridgehead atoms. The smallest absolute Gasteiger partial charge is 0.186 e. The van der Waals surface area contributed by atoms with Crippen molar-refractivity contribution >= 4 is 22.5 Å². The summed E-state index contributed by atoms with van der Waals surface area (Å²) in [6.07, 6.45) is 4.93. The number of nitrogens with zero attached hydrogens (tertiary/aromatic N) is 3. The summed E-state index contributed by atoms with van der Waals surface area (Å²) >= 11 is 1.55. The number of hydrogen-bond acceptors (Lipinski definition) is 5. The summed E-state index contributed by atoms with van der Waals surface area (Å²) in [5.74, 6) is -0.0126. The van der Waals surface area contributed by atoms with Crippen LogP contribution in [-0.4, -0.2) is 28.8 Å². The van der Waals surface area contributed by atoms with E-state index in [2.05, 4.69) is 36.2 Å². The number of aliphatic hydroxyl groups is 1. The van der Waals surface area contributed by atoms with Crippen molar-refractivity contribution in [3.63, 3.8) is 0 Å². The SMILES string of the molecule is C/C=C/c1ccccc1[C@@H]1[C@H](C#N)N(c2nc(CC)cs2)[C@H]1CO. The lowest BCUT2D eigenvalue weighted by atomic mass is 9.74. The quantitative estimate of drug-likeness (QED) is 0.904. The molecule has 1 saturated heterocycles. The van der Waals surface area contributed by atoms with Crippen LogP contribution in [0.3, 0.4) is 0 Å². The maximum absolute atomic E-state index is 9.96. The fourth-order valence-electron chi connectivity index (χ4n) is 3.37. The van der Waals surface area contributed by atoms with Crippen molar-refractivity contribution in [2.24, 2.45) is 0 Å². The molecule has 5 heteroatoms. The van der Waals surface area contributed by atoms with Gasteiger partial charge in [0, 0.05) is 11.3 Å². The molecule has 0 amide bonds. The van der Waals surface area contributed by atoms with Crippen molar-refractivity contribution in [3.05, 3.63) is 52.5 Å². The van der Waals surface area contributed by atoms with Crippen molar-refractivity contribution in [1.29, 1.82) is 5.26 Å². The van der Waals surface area contributed by atoms with Crippen LogP contribution in [0.5, 0.6) is 0 Å².